The topological polar surface area (TPSA) is 89.9 Å². The van der Waals surface area contributed by atoms with Crippen LogP contribution < -0.4 is 5.32 Å². The van der Waals surface area contributed by atoms with Crippen LogP contribution in [0.3, 0.4) is 0 Å². The largest absolute Gasteiger partial charge is 0.480 e. The Balaban J connectivity index is 4.07. The van der Waals surface area contributed by atoms with Gasteiger partial charge < -0.3 is 20.4 Å². The fraction of sp³-hybridized carbons (Fsp3) is 0.778. The second-order valence-electron chi connectivity index (χ2n) is 3.68. The predicted molar refractivity (Wildman–Crippen MR) is 54.4 cm³/mol. The number of aliphatic hydroxyl groups excluding tert-OH is 1. The number of hydrogen-bond donors (Lipinski definition) is 3. The van der Waals surface area contributed by atoms with Gasteiger partial charge in [-0.25, -0.2) is 4.79 Å². The van der Waals surface area contributed by atoms with Crippen LogP contribution in [0, 0.1) is 0 Å². The van der Waals surface area contributed by atoms with E-state index in [1.165, 1.54) is 6.92 Å². The molecule has 0 aromatic carbocycles. The lowest BCUT2D eigenvalue weighted by Crippen LogP contribution is -2.48. The van der Waals surface area contributed by atoms with Gasteiger partial charge in [0.2, 0.25) is 5.91 Å². The van der Waals surface area contributed by atoms with Crippen LogP contribution in [-0.2, 0) is 9.59 Å². The molecule has 0 fully saturated rings. The van der Waals surface area contributed by atoms with Crippen LogP contribution >= 0.6 is 0 Å². The van der Waals surface area contributed by atoms with Crippen molar-refractivity contribution in [3.63, 3.8) is 0 Å². The lowest BCUT2D eigenvalue weighted by atomic mass is 10.2. The Morgan fingerprint density at radius 3 is 2.27 bits per heavy atom. The second kappa shape index (κ2) is 6.36. The quantitative estimate of drug-likeness (QED) is 0.526. The molecule has 0 aliphatic rings. The number of rotatable bonds is 6. The van der Waals surface area contributed by atoms with Gasteiger partial charge in [-0.05, 0) is 21.0 Å². The minimum absolute atomic E-state index is 0.212. The number of amides is 1. The Morgan fingerprint density at radius 1 is 1.40 bits per heavy atom. The van der Waals surface area contributed by atoms with Crippen molar-refractivity contribution in [2.24, 2.45) is 0 Å². The number of aliphatic carboxylic acids is 1. The van der Waals surface area contributed by atoms with E-state index in [0.29, 0.717) is 6.54 Å². The number of nitrogens with one attached hydrogen (secondary N) is 1. The Bertz CT molecular complexity index is 228. The van der Waals surface area contributed by atoms with Crippen molar-refractivity contribution in [2.75, 3.05) is 20.6 Å². The molecule has 0 rings (SSSR count). The number of hydrogen-bond acceptors (Lipinski definition) is 4. The van der Waals surface area contributed by atoms with Gasteiger partial charge in [0.05, 0.1) is 6.10 Å². The molecule has 15 heavy (non-hydrogen) atoms. The summed E-state index contributed by atoms with van der Waals surface area (Å²) in [5.41, 5.74) is 0. The molecule has 0 unspecified atom stereocenters. The first-order chi connectivity index (χ1) is 6.84. The highest BCUT2D eigenvalue weighted by Gasteiger charge is 2.24. The number of carbonyl (C=O) groups is 2. The molecule has 0 spiro atoms. The van der Waals surface area contributed by atoms with Crippen LogP contribution in [0.15, 0.2) is 0 Å². The summed E-state index contributed by atoms with van der Waals surface area (Å²) in [6.45, 7) is 1.86. The summed E-state index contributed by atoms with van der Waals surface area (Å²) in [5, 5.41) is 20.0. The molecule has 0 radical (unpaired) electrons. The molecule has 6 heteroatoms. The summed E-state index contributed by atoms with van der Waals surface area (Å²) in [4.78, 5) is 23.7. The van der Waals surface area contributed by atoms with Gasteiger partial charge in [-0.2, -0.15) is 0 Å². The normalized spacial score (nSPS) is 14.7. The van der Waals surface area contributed by atoms with Gasteiger partial charge in [0, 0.05) is 13.0 Å². The first-order valence-corrected chi connectivity index (χ1v) is 4.69. The van der Waals surface area contributed by atoms with Gasteiger partial charge in [-0.3, -0.25) is 4.79 Å². The van der Waals surface area contributed by atoms with Crippen LogP contribution in [0.4, 0.5) is 0 Å². The Morgan fingerprint density at radius 2 is 1.93 bits per heavy atom. The van der Waals surface area contributed by atoms with Crippen molar-refractivity contribution in [3.05, 3.63) is 0 Å². The summed E-state index contributed by atoms with van der Waals surface area (Å²) in [7, 11) is 3.63. The molecule has 0 aliphatic carbocycles. The summed E-state index contributed by atoms with van der Waals surface area (Å²) in [5.74, 6) is -1.61. The molecule has 0 aliphatic heterocycles. The van der Waals surface area contributed by atoms with E-state index in [4.69, 9.17) is 10.2 Å². The van der Waals surface area contributed by atoms with Gasteiger partial charge in [0.15, 0.2) is 6.04 Å². The molecule has 0 heterocycles. The zero-order valence-electron chi connectivity index (χ0n) is 9.23. The van der Waals surface area contributed by atoms with E-state index in [0.717, 1.165) is 0 Å². The third-order valence-corrected chi connectivity index (χ3v) is 1.85. The van der Waals surface area contributed by atoms with Crippen LogP contribution in [0.1, 0.15) is 13.3 Å². The molecular formula is C9H18N2O4. The van der Waals surface area contributed by atoms with Crippen LogP contribution in [0.25, 0.3) is 0 Å². The van der Waals surface area contributed by atoms with E-state index >= 15 is 0 Å². The zero-order chi connectivity index (χ0) is 12.0. The molecule has 0 saturated heterocycles. The van der Waals surface area contributed by atoms with Crippen molar-refractivity contribution in [1.82, 2.24) is 10.2 Å². The summed E-state index contributed by atoms with van der Waals surface area (Å²) in [6, 6.07) is -1.24. The first kappa shape index (κ1) is 13.9. The smallest absolute Gasteiger partial charge is 0.328 e. The van der Waals surface area contributed by atoms with Crippen molar-refractivity contribution < 1.29 is 19.8 Å². The highest BCUT2D eigenvalue weighted by Crippen LogP contribution is 1.94. The van der Waals surface area contributed by atoms with E-state index in [-0.39, 0.29) is 12.3 Å². The molecule has 0 bridgehead atoms. The second-order valence-corrected chi connectivity index (χ2v) is 3.68. The third-order valence-electron chi connectivity index (χ3n) is 1.85. The van der Waals surface area contributed by atoms with Crippen molar-refractivity contribution >= 4 is 11.9 Å². The Hall–Kier alpha value is -1.14. The first-order valence-electron chi connectivity index (χ1n) is 4.69. The molecule has 0 aromatic rings. The molecule has 0 aromatic heterocycles. The van der Waals surface area contributed by atoms with Gasteiger partial charge in [-0.15, -0.1) is 0 Å². The zero-order valence-corrected chi connectivity index (χ0v) is 9.23. The highest BCUT2D eigenvalue weighted by molar-refractivity contribution is 5.83. The standard InChI is InChI=1S/C9H18N2O4/c1-6(12)8(9(14)15)10-7(13)4-5-11(2)3/h6,8,12H,4-5H2,1-3H3,(H,10,13)(H,14,15)/t6-,8+/m1/s1. The maximum absolute atomic E-state index is 11.3. The lowest BCUT2D eigenvalue weighted by molar-refractivity contribution is -0.144. The molecule has 88 valence electrons. The van der Waals surface area contributed by atoms with Gasteiger partial charge in [0.1, 0.15) is 0 Å². The maximum Gasteiger partial charge on any atom is 0.328 e. The minimum atomic E-state index is -1.24. The van der Waals surface area contributed by atoms with Crippen LogP contribution in [0.5, 0.6) is 0 Å². The highest BCUT2D eigenvalue weighted by atomic mass is 16.4. The van der Waals surface area contributed by atoms with Crippen molar-refractivity contribution in [3.8, 4) is 0 Å². The number of nitrogens with zero attached hydrogens (tertiary/aromatic N) is 1. The van der Waals surface area contributed by atoms with Crippen molar-refractivity contribution in [2.45, 2.75) is 25.5 Å². The average molecular weight is 218 g/mol. The number of aliphatic hydroxyl groups is 1. The van der Waals surface area contributed by atoms with Crippen LogP contribution in [0.2, 0.25) is 0 Å². The van der Waals surface area contributed by atoms with Gasteiger partial charge >= 0.3 is 5.97 Å². The van der Waals surface area contributed by atoms with Crippen LogP contribution in [-0.4, -0.2) is 59.8 Å². The van der Waals surface area contributed by atoms with Gasteiger partial charge in [-0.1, -0.05) is 0 Å². The van der Waals surface area contributed by atoms with E-state index in [1.807, 2.05) is 19.0 Å². The van der Waals surface area contributed by atoms with E-state index in [1.54, 1.807) is 0 Å². The van der Waals surface area contributed by atoms with E-state index in [2.05, 4.69) is 5.32 Å². The molecular weight excluding hydrogens is 200 g/mol. The minimum Gasteiger partial charge on any atom is -0.480 e. The predicted octanol–water partition coefficient (Wildman–Crippen LogP) is -1.11. The van der Waals surface area contributed by atoms with E-state index in [9.17, 15) is 9.59 Å². The molecule has 1 amide bonds. The monoisotopic (exact) mass is 218 g/mol. The molecule has 6 nitrogen and oxygen atoms in total. The van der Waals surface area contributed by atoms with Crippen molar-refractivity contribution in [1.29, 1.82) is 0 Å². The SMILES string of the molecule is C[C@@H](O)[C@H](NC(=O)CCN(C)C)C(=O)O. The van der Waals surface area contributed by atoms with Gasteiger partial charge in [0.25, 0.3) is 0 Å². The number of carboxylic acid groups (broad SMARTS) is 1. The fourth-order valence-electron chi connectivity index (χ4n) is 0.959. The Labute approximate surface area is 88.9 Å². The third kappa shape index (κ3) is 6.03. The Kier molecular flexibility index (Phi) is 5.88. The van der Waals surface area contributed by atoms with E-state index < -0.39 is 18.1 Å². The maximum atomic E-state index is 11.3. The molecule has 3 N–H and O–H groups in total. The lowest BCUT2D eigenvalue weighted by Gasteiger charge is -2.17. The summed E-state index contributed by atoms with van der Waals surface area (Å²) >= 11 is 0. The molecule has 0 saturated carbocycles. The molecule has 2 atom stereocenters. The number of carbonyl (C=O) groups excluding carboxylic acids is 1. The average Bonchev–Trinajstić information content (AvgIpc) is 2.09. The fourth-order valence-corrected chi connectivity index (χ4v) is 0.959. The summed E-state index contributed by atoms with van der Waals surface area (Å²) in [6.07, 6.45) is -0.894. The summed E-state index contributed by atoms with van der Waals surface area (Å²) < 4.78 is 0. The number of carboxylic acids is 1.